The van der Waals surface area contributed by atoms with Gasteiger partial charge >= 0.3 is 0 Å². The van der Waals surface area contributed by atoms with Gasteiger partial charge in [-0.25, -0.2) is 0 Å². The van der Waals surface area contributed by atoms with E-state index >= 15 is 0 Å². The Morgan fingerprint density at radius 2 is 1.28 bits per heavy atom. The van der Waals surface area contributed by atoms with Crippen molar-refractivity contribution in [3.05, 3.63) is 71.3 Å². The monoisotopic (exact) mass is 435 g/mol. The fraction of sp³-hybridized carbons (Fsp3) is 0.111. The number of hydrogen-bond acceptors (Lipinski definition) is 7. The zero-order chi connectivity index (χ0) is 21.2. The molecule has 1 aliphatic carbocycles. The van der Waals surface area contributed by atoms with Gasteiger partial charge in [0, 0.05) is 16.8 Å². The molecule has 0 amide bonds. The van der Waals surface area contributed by atoms with Crippen LogP contribution in [-0.2, 0) is 20.2 Å². The van der Waals surface area contributed by atoms with Crippen LogP contribution in [0.5, 0.6) is 0 Å². The third-order valence-corrected chi connectivity index (χ3v) is 8.11. The zero-order valence-electron chi connectivity index (χ0n) is 14.4. The topological polar surface area (TPSA) is 155 Å². The van der Waals surface area contributed by atoms with Crippen LogP contribution in [-0.4, -0.2) is 47.1 Å². The molecular formula is C18H13NO8S2. The molecule has 0 spiro atoms. The van der Waals surface area contributed by atoms with Gasteiger partial charge in [0.05, 0.1) is 0 Å². The Bertz CT molecular complexity index is 1290. The van der Waals surface area contributed by atoms with Crippen LogP contribution in [0.15, 0.2) is 54.6 Å². The summed E-state index contributed by atoms with van der Waals surface area (Å²) >= 11 is 0. The zero-order valence-corrected chi connectivity index (χ0v) is 16.1. The maximum Gasteiger partial charge on any atom is 0.295 e. The van der Waals surface area contributed by atoms with Gasteiger partial charge in [-0.2, -0.15) is 16.8 Å². The van der Waals surface area contributed by atoms with Crippen LogP contribution in [0.25, 0.3) is 6.08 Å². The van der Waals surface area contributed by atoms with E-state index in [0.29, 0.717) is 11.6 Å². The van der Waals surface area contributed by atoms with Gasteiger partial charge in [0.2, 0.25) is 4.87 Å². The SMILES string of the molecule is O=C1c2ccccc2C(=O)C1(C1(S(=O)(=O)O)C=Cc2ccccc2N1)S(=O)(=O)O. The number of nitrogens with one attached hydrogen (secondary N) is 1. The van der Waals surface area contributed by atoms with E-state index in [2.05, 4.69) is 5.32 Å². The van der Waals surface area contributed by atoms with E-state index in [4.69, 9.17) is 0 Å². The Kier molecular flexibility index (Phi) is 3.91. The molecule has 29 heavy (non-hydrogen) atoms. The Hall–Kier alpha value is -2.86. The molecule has 2 aliphatic rings. The molecule has 2 aromatic rings. The number of ketones is 2. The lowest BCUT2D eigenvalue weighted by molar-refractivity contribution is 0.0836. The summed E-state index contributed by atoms with van der Waals surface area (Å²) in [6.45, 7) is 0. The van der Waals surface area contributed by atoms with Gasteiger partial charge in [0.1, 0.15) is 0 Å². The summed E-state index contributed by atoms with van der Waals surface area (Å²) in [5.41, 5.74) is -0.320. The van der Waals surface area contributed by atoms with Crippen molar-refractivity contribution < 1.29 is 35.5 Å². The molecule has 0 saturated carbocycles. The minimum atomic E-state index is -5.73. The average molecular weight is 435 g/mol. The predicted octanol–water partition coefficient (Wildman–Crippen LogP) is 1.42. The van der Waals surface area contributed by atoms with Gasteiger partial charge in [-0.3, -0.25) is 18.7 Å². The molecule has 0 radical (unpaired) electrons. The van der Waals surface area contributed by atoms with Crippen LogP contribution in [0.4, 0.5) is 5.69 Å². The van der Waals surface area contributed by atoms with Crippen LogP contribution in [0, 0.1) is 0 Å². The highest BCUT2D eigenvalue weighted by Gasteiger charge is 2.77. The van der Waals surface area contributed by atoms with Crippen molar-refractivity contribution in [3.63, 3.8) is 0 Å². The number of rotatable bonds is 3. The summed E-state index contributed by atoms with van der Waals surface area (Å²) in [6, 6.07) is 11.0. The normalized spacial score (nSPS) is 22.7. The summed E-state index contributed by atoms with van der Waals surface area (Å²) in [7, 11) is -11.2. The fourth-order valence-electron chi connectivity index (χ4n) is 3.87. The average Bonchev–Trinajstić information content (AvgIpc) is 2.89. The smallest absolute Gasteiger partial charge is 0.295 e. The first-order chi connectivity index (χ1) is 13.5. The highest BCUT2D eigenvalue weighted by atomic mass is 32.2. The van der Waals surface area contributed by atoms with E-state index in [1.54, 1.807) is 12.1 Å². The van der Waals surface area contributed by atoms with Gasteiger partial charge in [-0.05, 0) is 17.7 Å². The molecule has 0 bridgehead atoms. The van der Waals surface area contributed by atoms with Crippen LogP contribution in [0.2, 0.25) is 0 Å². The molecule has 0 saturated heterocycles. The summed E-state index contributed by atoms with van der Waals surface area (Å²) in [5.74, 6) is -2.93. The maximum absolute atomic E-state index is 13.2. The number of carbonyl (C=O) groups is 2. The molecule has 3 N–H and O–H groups in total. The number of para-hydroxylation sites is 1. The van der Waals surface area contributed by atoms with Gasteiger partial charge in [0.25, 0.3) is 25.0 Å². The molecule has 0 aromatic heterocycles. The van der Waals surface area contributed by atoms with E-state index in [9.17, 15) is 35.5 Å². The number of anilines is 1. The van der Waals surface area contributed by atoms with Gasteiger partial charge < -0.3 is 5.32 Å². The van der Waals surface area contributed by atoms with E-state index in [0.717, 1.165) is 18.2 Å². The van der Waals surface area contributed by atoms with Crippen molar-refractivity contribution in [2.75, 3.05) is 5.32 Å². The van der Waals surface area contributed by atoms with Gasteiger partial charge in [-0.15, -0.1) is 0 Å². The standard InChI is InChI=1S/C18H13NO8S2/c20-15-12-6-2-3-7-13(12)16(21)18(15,29(25,26)27)17(28(22,23)24)10-9-11-5-1-4-8-14(11)19-17/h1-10,19H,(H,22,23,24)(H,25,26,27). The van der Waals surface area contributed by atoms with Crippen molar-refractivity contribution in [1.82, 2.24) is 0 Å². The van der Waals surface area contributed by atoms with Crippen LogP contribution in [0.3, 0.4) is 0 Å². The van der Waals surface area contributed by atoms with Crippen molar-refractivity contribution in [1.29, 1.82) is 0 Å². The molecule has 1 atom stereocenters. The first kappa shape index (κ1) is 19.5. The largest absolute Gasteiger partial charge is 0.359 e. The quantitative estimate of drug-likeness (QED) is 0.479. The number of hydrogen-bond donors (Lipinski definition) is 3. The lowest BCUT2D eigenvalue weighted by atomic mass is 9.88. The van der Waals surface area contributed by atoms with E-state index in [1.807, 2.05) is 0 Å². The van der Waals surface area contributed by atoms with Crippen molar-refractivity contribution >= 4 is 43.6 Å². The fourth-order valence-corrected chi connectivity index (χ4v) is 6.72. The lowest BCUT2D eigenvalue weighted by Gasteiger charge is -2.42. The molecule has 9 nitrogen and oxygen atoms in total. The van der Waals surface area contributed by atoms with Gasteiger partial charge in [0.15, 0.2) is 11.6 Å². The van der Waals surface area contributed by atoms with Crippen molar-refractivity contribution in [3.8, 4) is 0 Å². The summed E-state index contributed by atoms with van der Waals surface area (Å²) in [4.78, 5) is 23.3. The Balaban J connectivity index is 2.15. The Labute approximate surface area is 165 Å². The third-order valence-electron chi connectivity index (χ3n) is 5.15. The molecule has 1 unspecified atom stereocenters. The molecular weight excluding hydrogens is 422 g/mol. The van der Waals surface area contributed by atoms with E-state index < -0.39 is 41.4 Å². The van der Waals surface area contributed by atoms with E-state index in [1.165, 1.54) is 24.3 Å². The first-order valence-electron chi connectivity index (χ1n) is 8.16. The summed E-state index contributed by atoms with van der Waals surface area (Å²) in [5, 5.41) is 2.33. The summed E-state index contributed by atoms with van der Waals surface area (Å²) < 4.78 is 66.9. The molecule has 1 aliphatic heterocycles. The van der Waals surface area contributed by atoms with Crippen LogP contribution >= 0.6 is 0 Å². The lowest BCUT2D eigenvalue weighted by Crippen LogP contribution is -2.71. The Morgan fingerprint density at radius 3 is 1.79 bits per heavy atom. The maximum atomic E-state index is 13.2. The molecule has 2 aromatic carbocycles. The molecule has 11 heteroatoms. The number of fused-ring (bicyclic) bond motifs is 2. The number of carbonyl (C=O) groups excluding carboxylic acids is 2. The summed E-state index contributed by atoms with van der Waals surface area (Å²) in [6.07, 6.45) is 1.84. The number of Topliss-reactive ketones (excluding diaryl/α,β-unsaturated/α-hetero) is 2. The highest BCUT2D eigenvalue weighted by molar-refractivity contribution is 7.93. The second-order valence-electron chi connectivity index (χ2n) is 6.62. The molecule has 0 fully saturated rings. The second kappa shape index (κ2) is 5.83. The van der Waals surface area contributed by atoms with Crippen LogP contribution < -0.4 is 5.32 Å². The van der Waals surface area contributed by atoms with Crippen molar-refractivity contribution in [2.24, 2.45) is 0 Å². The van der Waals surface area contributed by atoms with Crippen molar-refractivity contribution in [2.45, 2.75) is 9.62 Å². The van der Waals surface area contributed by atoms with Crippen LogP contribution in [0.1, 0.15) is 26.3 Å². The highest BCUT2D eigenvalue weighted by Crippen LogP contribution is 2.49. The van der Waals surface area contributed by atoms with Gasteiger partial charge in [-0.1, -0.05) is 48.5 Å². The molecule has 150 valence electrons. The van der Waals surface area contributed by atoms with E-state index in [-0.39, 0.29) is 16.8 Å². The third kappa shape index (κ3) is 2.26. The first-order valence-corrected chi connectivity index (χ1v) is 11.0. The predicted molar refractivity (Wildman–Crippen MR) is 103 cm³/mol. The Morgan fingerprint density at radius 1 is 0.759 bits per heavy atom. The minimum absolute atomic E-state index is 0.0345. The second-order valence-corrected chi connectivity index (χ2v) is 9.77. The molecule has 4 rings (SSSR count). The number of benzene rings is 2. The minimum Gasteiger partial charge on any atom is -0.359 e. The molecule has 1 heterocycles.